The Kier molecular flexibility index (Phi) is 8.52. The van der Waals surface area contributed by atoms with Crippen LogP contribution in [0.4, 0.5) is 8.78 Å². The van der Waals surface area contributed by atoms with Gasteiger partial charge in [0.1, 0.15) is 6.04 Å². The molecule has 4 unspecified atom stereocenters. The molecular formula is C21H23F2N3O6S. The van der Waals surface area contributed by atoms with E-state index in [-0.39, 0.29) is 17.4 Å². The molecule has 1 aliphatic rings. The molecule has 0 aromatic heterocycles. The summed E-state index contributed by atoms with van der Waals surface area (Å²) in [6, 6.07) is 3.53. The van der Waals surface area contributed by atoms with E-state index in [4.69, 9.17) is 5.21 Å². The second-order valence-electron chi connectivity index (χ2n) is 7.73. The molecule has 0 aliphatic heterocycles. The summed E-state index contributed by atoms with van der Waals surface area (Å²) in [6.45, 7) is 0.992. The third kappa shape index (κ3) is 7.80. The van der Waals surface area contributed by atoms with Crippen molar-refractivity contribution in [2.45, 2.75) is 31.4 Å². The summed E-state index contributed by atoms with van der Waals surface area (Å²) in [5.74, 6) is 8.97. The van der Waals surface area contributed by atoms with E-state index in [1.165, 1.54) is 24.3 Å². The van der Waals surface area contributed by atoms with E-state index in [1.54, 1.807) is 0 Å². The average molecular weight is 483 g/mol. The number of nitrogens with one attached hydrogen (secondary N) is 3. The van der Waals surface area contributed by atoms with Crippen LogP contribution < -0.4 is 15.5 Å². The monoisotopic (exact) mass is 483 g/mol. The number of hydroxylamine groups is 1. The van der Waals surface area contributed by atoms with Gasteiger partial charge in [-0.05, 0) is 55.4 Å². The zero-order chi connectivity index (χ0) is 24.8. The fourth-order valence-electron chi connectivity index (χ4n) is 2.73. The molecule has 9 nitrogen and oxygen atoms in total. The number of hydrogen-bond acceptors (Lipinski definition) is 6. The van der Waals surface area contributed by atoms with Crippen LogP contribution in [0.3, 0.4) is 0 Å². The molecule has 2 amide bonds. The van der Waals surface area contributed by atoms with Gasteiger partial charge in [0.2, 0.25) is 10.0 Å². The van der Waals surface area contributed by atoms with Crippen LogP contribution in [-0.2, 0) is 14.8 Å². The van der Waals surface area contributed by atoms with Crippen LogP contribution >= 0.6 is 0 Å². The Balaban J connectivity index is 1.97. The molecule has 33 heavy (non-hydrogen) atoms. The van der Waals surface area contributed by atoms with Gasteiger partial charge in [0.15, 0.2) is 5.60 Å². The lowest BCUT2D eigenvalue weighted by atomic mass is 9.95. The highest BCUT2D eigenvalue weighted by molar-refractivity contribution is 7.88. The molecule has 0 spiro atoms. The summed E-state index contributed by atoms with van der Waals surface area (Å²) < 4.78 is 50.7. The van der Waals surface area contributed by atoms with Crippen molar-refractivity contribution in [2.75, 3.05) is 12.8 Å². The molecule has 0 saturated heterocycles. The van der Waals surface area contributed by atoms with E-state index < -0.39 is 39.9 Å². The number of alkyl halides is 2. The number of carbonyl (C=O) groups excluding carboxylic acids is 2. The highest BCUT2D eigenvalue weighted by Crippen LogP contribution is 2.37. The Labute approximate surface area is 190 Å². The molecule has 5 N–H and O–H groups in total. The van der Waals surface area contributed by atoms with Gasteiger partial charge in [0.05, 0.1) is 6.26 Å². The number of benzene rings is 1. The molecule has 1 aliphatic carbocycles. The van der Waals surface area contributed by atoms with Gasteiger partial charge in [-0.25, -0.2) is 27.4 Å². The van der Waals surface area contributed by atoms with Crippen LogP contribution in [0, 0.1) is 35.5 Å². The molecule has 12 heteroatoms. The van der Waals surface area contributed by atoms with E-state index in [0.717, 1.165) is 18.2 Å². The van der Waals surface area contributed by atoms with Gasteiger partial charge in [0.25, 0.3) is 18.2 Å². The number of halogens is 2. The quantitative estimate of drug-likeness (QED) is 0.198. The maximum Gasteiger partial charge on any atom is 0.269 e. The smallest absolute Gasteiger partial charge is 0.269 e. The van der Waals surface area contributed by atoms with E-state index in [2.05, 4.69) is 28.4 Å². The van der Waals surface area contributed by atoms with Gasteiger partial charge in [-0.15, -0.1) is 0 Å². The fourth-order valence-corrected chi connectivity index (χ4v) is 3.24. The zero-order valence-corrected chi connectivity index (χ0v) is 18.5. The van der Waals surface area contributed by atoms with E-state index >= 15 is 0 Å². The molecule has 0 radical (unpaired) electrons. The molecular weight excluding hydrogens is 460 g/mol. The molecule has 0 heterocycles. The first kappa shape index (κ1) is 26.2. The van der Waals surface area contributed by atoms with Gasteiger partial charge in [-0.3, -0.25) is 14.8 Å². The maximum absolute atomic E-state index is 13.1. The lowest BCUT2D eigenvalue weighted by molar-refractivity contribution is -0.149. The van der Waals surface area contributed by atoms with E-state index in [0.29, 0.717) is 19.0 Å². The number of amides is 2. The molecule has 1 fully saturated rings. The van der Waals surface area contributed by atoms with Crippen molar-refractivity contribution in [2.24, 2.45) is 11.8 Å². The second-order valence-corrected chi connectivity index (χ2v) is 9.56. The van der Waals surface area contributed by atoms with Crippen molar-refractivity contribution in [1.29, 1.82) is 0 Å². The van der Waals surface area contributed by atoms with Gasteiger partial charge < -0.3 is 10.4 Å². The standard InChI is InChI=1S/C21H23F2N3O6S/c1-21(29,20(22)23)17(19(28)26-30)25-18(27)14-9-7-13(8-10-14)5-3-4-6-15-11-16(15)12-24-33(2,31)32/h7-10,15-17,20,24,29-30H,11-12H2,1-2H3,(H,25,27)(H,26,28). The Morgan fingerprint density at radius 2 is 1.88 bits per heavy atom. The molecule has 1 saturated carbocycles. The topological polar surface area (TPSA) is 145 Å². The molecule has 4 atom stereocenters. The molecule has 178 valence electrons. The Morgan fingerprint density at radius 1 is 1.24 bits per heavy atom. The molecule has 2 rings (SSSR count). The average Bonchev–Trinajstić information content (AvgIpc) is 3.51. The molecule has 1 aromatic rings. The number of hydrogen-bond donors (Lipinski definition) is 5. The Morgan fingerprint density at radius 3 is 2.42 bits per heavy atom. The first-order valence-corrected chi connectivity index (χ1v) is 11.6. The number of aliphatic hydroxyl groups is 1. The lowest BCUT2D eigenvalue weighted by Crippen LogP contribution is -2.61. The van der Waals surface area contributed by atoms with Crippen LogP contribution in [0.5, 0.6) is 0 Å². The minimum Gasteiger partial charge on any atom is -0.381 e. The van der Waals surface area contributed by atoms with Crippen molar-refractivity contribution >= 4 is 21.8 Å². The fraction of sp³-hybridized carbons (Fsp3) is 0.429. The SMILES string of the molecule is CC(O)(C(F)F)C(NC(=O)c1ccc(C#CC#CC2CC2CNS(C)(=O)=O)cc1)C(=O)NO. The van der Waals surface area contributed by atoms with Crippen molar-refractivity contribution in [1.82, 2.24) is 15.5 Å². The molecule has 0 bridgehead atoms. The summed E-state index contributed by atoms with van der Waals surface area (Å²) in [7, 11) is -3.23. The van der Waals surface area contributed by atoms with Crippen molar-refractivity contribution < 1.29 is 37.1 Å². The summed E-state index contributed by atoms with van der Waals surface area (Å²) in [6.07, 6.45) is -1.50. The summed E-state index contributed by atoms with van der Waals surface area (Å²) in [5, 5.41) is 20.5. The lowest BCUT2D eigenvalue weighted by Gasteiger charge is -2.30. The first-order chi connectivity index (χ1) is 15.3. The predicted octanol–water partition coefficient (Wildman–Crippen LogP) is -0.153. The zero-order valence-electron chi connectivity index (χ0n) is 17.7. The minimum atomic E-state index is -3.37. The Bertz CT molecular complexity index is 1110. The Hall–Kier alpha value is -3.03. The van der Waals surface area contributed by atoms with Crippen molar-refractivity contribution in [3.63, 3.8) is 0 Å². The van der Waals surface area contributed by atoms with Gasteiger partial charge in [-0.1, -0.05) is 11.8 Å². The number of carbonyl (C=O) groups is 2. The van der Waals surface area contributed by atoms with Crippen LogP contribution in [0.25, 0.3) is 0 Å². The number of rotatable bonds is 8. The van der Waals surface area contributed by atoms with Crippen molar-refractivity contribution in [3.05, 3.63) is 35.4 Å². The maximum atomic E-state index is 13.1. The number of sulfonamides is 1. The normalized spacial score (nSPS) is 19.7. The highest BCUT2D eigenvalue weighted by Gasteiger charge is 2.46. The predicted molar refractivity (Wildman–Crippen MR) is 113 cm³/mol. The summed E-state index contributed by atoms with van der Waals surface area (Å²) in [5.41, 5.74) is -1.27. The van der Waals surface area contributed by atoms with E-state index in [1.807, 2.05) is 5.32 Å². The third-order valence-electron chi connectivity index (χ3n) is 4.88. The largest absolute Gasteiger partial charge is 0.381 e. The second kappa shape index (κ2) is 10.7. The van der Waals surface area contributed by atoms with Gasteiger partial charge >= 0.3 is 0 Å². The van der Waals surface area contributed by atoms with Gasteiger partial charge in [0, 0.05) is 23.6 Å². The van der Waals surface area contributed by atoms with Crippen LogP contribution in [0.2, 0.25) is 0 Å². The van der Waals surface area contributed by atoms with Crippen molar-refractivity contribution in [3.8, 4) is 23.7 Å². The van der Waals surface area contributed by atoms with Gasteiger partial charge in [-0.2, -0.15) is 0 Å². The summed E-state index contributed by atoms with van der Waals surface area (Å²) >= 11 is 0. The summed E-state index contributed by atoms with van der Waals surface area (Å²) in [4.78, 5) is 24.0. The molecule has 1 aromatic carbocycles. The van der Waals surface area contributed by atoms with Crippen LogP contribution in [0.1, 0.15) is 29.3 Å². The minimum absolute atomic E-state index is 0.00615. The van der Waals surface area contributed by atoms with Crippen LogP contribution in [-0.4, -0.2) is 61.4 Å². The highest BCUT2D eigenvalue weighted by atomic mass is 32.2. The van der Waals surface area contributed by atoms with Crippen LogP contribution in [0.15, 0.2) is 24.3 Å². The van der Waals surface area contributed by atoms with E-state index in [9.17, 15) is 31.9 Å². The third-order valence-corrected chi connectivity index (χ3v) is 5.57. The first-order valence-electron chi connectivity index (χ1n) is 9.66.